The fraction of sp³-hybridized carbons (Fsp3) is 1.00. The highest BCUT2D eigenvalue weighted by Crippen LogP contribution is 2.02. The quantitative estimate of drug-likeness (QED) is 0.221. The molecule has 0 unspecified atom stereocenters. The molecule has 12 heteroatoms. The van der Waals surface area contributed by atoms with Crippen molar-refractivity contribution >= 4 is 0 Å². The van der Waals surface area contributed by atoms with Crippen molar-refractivity contribution in [3.8, 4) is 0 Å². The van der Waals surface area contributed by atoms with Gasteiger partial charge < -0.3 is 20.8 Å². The lowest BCUT2D eigenvalue weighted by atomic mass is 11.1. The highest BCUT2D eigenvalue weighted by atomic mass is 17.2. The summed E-state index contributed by atoms with van der Waals surface area (Å²) in [6.07, 6.45) is -2.77. The van der Waals surface area contributed by atoms with Gasteiger partial charge in [-0.3, -0.25) is 0 Å². The predicted octanol–water partition coefficient (Wildman–Crippen LogP) is -6.43. The van der Waals surface area contributed by atoms with E-state index in [-0.39, 0.29) is 22.6 Å². The Labute approximate surface area is 70.2 Å². The molecule has 0 saturated carbocycles. The average Bonchev–Trinajstić information content (AvgIpc) is 2.06. The topological polar surface area (TPSA) is 196 Å². The normalized spacial score (nSPS) is 12.0. The first-order valence-electron chi connectivity index (χ1n) is 2.70. The van der Waals surface area contributed by atoms with Crippen LogP contribution in [0.2, 0.25) is 0 Å². The zero-order valence-electron chi connectivity index (χ0n) is 6.08. The van der Waals surface area contributed by atoms with Gasteiger partial charge in [0.25, 0.3) is 0 Å². The molecule has 0 aliphatic rings. The molecule has 8 N–H and O–H groups in total. The van der Waals surface area contributed by atoms with Crippen LogP contribution in [0, 0.1) is 20.8 Å². The molecule has 0 aromatic carbocycles. The average molecular weight is 204 g/mol. The van der Waals surface area contributed by atoms with E-state index in [4.69, 9.17) is 0 Å². The molecule has 80 valence electrons. The van der Waals surface area contributed by atoms with Crippen LogP contribution in [0.4, 0.5) is 0 Å². The third kappa shape index (κ3) is 4.33. The summed E-state index contributed by atoms with van der Waals surface area (Å²) in [7, 11) is 0. The van der Waals surface area contributed by atoms with Gasteiger partial charge in [-0.15, -0.1) is 0 Å². The number of hydrogen-bond donors (Lipinski definition) is 4. The van der Waals surface area contributed by atoms with Crippen LogP contribution >= 0.6 is 0 Å². The molecule has 0 saturated heterocycles. The third-order valence-electron chi connectivity index (χ3n) is 0.770. The Morgan fingerprint density at radius 2 is 0.846 bits per heavy atom. The largest absolute Gasteiger partial charge is 0.601 e. The van der Waals surface area contributed by atoms with Crippen molar-refractivity contribution in [2.24, 2.45) is 0 Å². The van der Waals surface area contributed by atoms with Crippen LogP contribution in [0.1, 0.15) is 0 Å². The van der Waals surface area contributed by atoms with Crippen LogP contribution in [0.25, 0.3) is 0 Å². The summed E-state index contributed by atoms with van der Waals surface area (Å²) in [6, 6.07) is 0. The van der Waals surface area contributed by atoms with Gasteiger partial charge in [-0.05, 0) is 0 Å². The van der Waals surface area contributed by atoms with Gasteiger partial charge in [0.2, 0.25) is 0 Å². The molecule has 0 bridgehead atoms. The van der Waals surface area contributed by atoms with Gasteiger partial charge in [-0.1, -0.05) is 19.4 Å². The van der Waals surface area contributed by atoms with E-state index < -0.39 is 6.16 Å². The maximum Gasteiger partial charge on any atom is 0.593 e. The molecule has 13 heavy (non-hydrogen) atoms. The fourth-order valence-electron chi connectivity index (χ4n) is 0.402. The van der Waals surface area contributed by atoms with Crippen LogP contribution in [-0.4, -0.2) is 6.16 Å². The summed E-state index contributed by atoms with van der Waals surface area (Å²) >= 11 is 0. The minimum absolute atomic E-state index is 0.240. The van der Waals surface area contributed by atoms with E-state index >= 15 is 0 Å². The van der Waals surface area contributed by atoms with Gasteiger partial charge in [-0.25, -0.2) is 22.6 Å². The summed E-state index contributed by atoms with van der Waals surface area (Å²) in [5, 5.41) is 39.3. The van der Waals surface area contributed by atoms with Gasteiger partial charge in [0, 0.05) is 0 Å². The highest BCUT2D eigenvalue weighted by molar-refractivity contribution is 4.19. The van der Waals surface area contributed by atoms with E-state index in [2.05, 4.69) is 19.4 Å². The molecule has 0 radical (unpaired) electrons. The lowest BCUT2D eigenvalue weighted by Gasteiger charge is -2.23. The lowest BCUT2D eigenvalue weighted by Crippen LogP contribution is -2.97. The Morgan fingerprint density at radius 1 is 0.615 bits per heavy atom. The molecule has 12 nitrogen and oxygen atoms in total. The summed E-state index contributed by atoms with van der Waals surface area (Å²) in [4.78, 5) is 15.6. The SMILES string of the molecule is [O-][NH2+]OC(O[NH2+][O-])(O[NH2+][O-])O[NH2+][O-]. The molecule has 0 aromatic rings. The molecular formula is CH8N4O8. The number of rotatable bonds is 8. The zero-order chi connectivity index (χ0) is 10.2. The van der Waals surface area contributed by atoms with E-state index in [1.54, 1.807) is 0 Å². The number of nitrogens with two attached hydrogens (primary N) is 4. The summed E-state index contributed by atoms with van der Waals surface area (Å²) in [6.45, 7) is 0. The molecule has 0 atom stereocenters. The smallest absolute Gasteiger partial charge is 0.593 e. The third-order valence-corrected chi connectivity index (χ3v) is 0.770. The minimum atomic E-state index is -2.77. The number of quaternary nitrogens is 4. The molecular weight excluding hydrogens is 196 g/mol. The van der Waals surface area contributed by atoms with E-state index in [9.17, 15) is 20.8 Å². The molecule has 0 heterocycles. The van der Waals surface area contributed by atoms with Gasteiger partial charge >= 0.3 is 6.16 Å². The van der Waals surface area contributed by atoms with Crippen LogP contribution in [0.5, 0.6) is 0 Å². The monoisotopic (exact) mass is 204 g/mol. The second kappa shape index (κ2) is 6.97. The summed E-state index contributed by atoms with van der Waals surface area (Å²) in [5.74, 6) is 0. The van der Waals surface area contributed by atoms with Crippen LogP contribution in [0.3, 0.4) is 0 Å². The molecule has 0 aliphatic carbocycles. The van der Waals surface area contributed by atoms with Crippen molar-refractivity contribution in [2.45, 2.75) is 6.16 Å². The first-order chi connectivity index (χ1) is 6.24. The molecule has 0 fully saturated rings. The summed E-state index contributed by atoms with van der Waals surface area (Å²) < 4.78 is 0. The van der Waals surface area contributed by atoms with Crippen LogP contribution in [-0.2, 0) is 19.4 Å². The van der Waals surface area contributed by atoms with E-state index in [1.165, 1.54) is 0 Å². The van der Waals surface area contributed by atoms with Gasteiger partial charge in [0.1, 0.15) is 0 Å². The second-order valence-corrected chi connectivity index (χ2v) is 1.36. The minimum Gasteiger partial charge on any atom is -0.601 e. The van der Waals surface area contributed by atoms with Crippen LogP contribution < -0.4 is 22.6 Å². The van der Waals surface area contributed by atoms with Crippen molar-refractivity contribution in [1.29, 1.82) is 0 Å². The Morgan fingerprint density at radius 3 is 1.00 bits per heavy atom. The van der Waals surface area contributed by atoms with E-state index in [0.717, 1.165) is 0 Å². The van der Waals surface area contributed by atoms with E-state index in [1.807, 2.05) is 0 Å². The second-order valence-electron chi connectivity index (χ2n) is 1.36. The van der Waals surface area contributed by atoms with Crippen molar-refractivity contribution in [2.75, 3.05) is 0 Å². The van der Waals surface area contributed by atoms with Crippen molar-refractivity contribution in [3.63, 3.8) is 0 Å². The first-order valence-corrected chi connectivity index (χ1v) is 2.70. The Bertz CT molecular complexity index is 91.2. The number of hydrogen-bond acceptors (Lipinski definition) is 8. The Hall–Kier alpha value is -0.480. The van der Waals surface area contributed by atoms with Gasteiger partial charge in [0.05, 0.1) is 0 Å². The van der Waals surface area contributed by atoms with Crippen molar-refractivity contribution in [3.05, 3.63) is 20.8 Å². The first kappa shape index (κ1) is 12.5. The Kier molecular flexibility index (Phi) is 6.72. The molecule has 0 aliphatic heterocycles. The fourth-order valence-corrected chi connectivity index (χ4v) is 0.402. The van der Waals surface area contributed by atoms with Crippen molar-refractivity contribution < 1.29 is 41.9 Å². The molecule has 0 spiro atoms. The molecule has 0 amide bonds. The standard InChI is InChI=1S/CH8N4O8/c6-2-10-1(11-3-7,12-4-8)13-5-9/h2-5H2. The lowest BCUT2D eigenvalue weighted by molar-refractivity contribution is -1.10. The van der Waals surface area contributed by atoms with Gasteiger partial charge in [0.15, 0.2) is 0 Å². The zero-order valence-corrected chi connectivity index (χ0v) is 6.08. The Balaban J connectivity index is 4.19. The maximum absolute atomic E-state index is 9.83. The van der Waals surface area contributed by atoms with E-state index in [0.29, 0.717) is 0 Å². The molecule has 0 rings (SSSR count). The molecule has 0 aromatic heterocycles. The predicted molar refractivity (Wildman–Crippen MR) is 28.2 cm³/mol. The van der Waals surface area contributed by atoms with Crippen LogP contribution in [0.15, 0.2) is 0 Å². The maximum atomic E-state index is 9.83. The van der Waals surface area contributed by atoms with Gasteiger partial charge in [-0.2, -0.15) is 0 Å². The summed E-state index contributed by atoms with van der Waals surface area (Å²) in [5.41, 5.74) is -0.958. The highest BCUT2D eigenvalue weighted by Gasteiger charge is 2.47. The van der Waals surface area contributed by atoms with Crippen molar-refractivity contribution in [1.82, 2.24) is 0 Å².